The van der Waals surface area contributed by atoms with Crippen LogP contribution in [0.15, 0.2) is 0 Å². The van der Waals surface area contributed by atoms with Gasteiger partial charge in [0, 0.05) is 11.6 Å². The molecule has 0 saturated heterocycles. The van der Waals surface area contributed by atoms with Crippen LogP contribution in [0.5, 0.6) is 0 Å². The highest BCUT2D eigenvalue weighted by atomic mass is 16.3. The van der Waals surface area contributed by atoms with Gasteiger partial charge in [0.1, 0.15) is 0 Å². The Balaban J connectivity index is 2.83. The molecule has 1 N–H and O–H groups in total. The normalized spacial score (nSPS) is 40.5. The molecule has 14 heavy (non-hydrogen) atoms. The number of aliphatic hydroxyl groups is 1. The van der Waals surface area contributed by atoms with E-state index in [9.17, 15) is 5.11 Å². The predicted octanol–water partition coefficient (Wildman–Crippen LogP) is 2.41. The first-order chi connectivity index (χ1) is 6.35. The van der Waals surface area contributed by atoms with Gasteiger partial charge in [0.15, 0.2) is 0 Å². The maximum atomic E-state index is 10.4. The Labute approximate surface area is 88.3 Å². The molecule has 0 aromatic carbocycles. The van der Waals surface area contributed by atoms with Crippen molar-refractivity contribution >= 4 is 0 Å². The molecule has 0 aromatic heterocycles. The molecule has 1 saturated carbocycles. The summed E-state index contributed by atoms with van der Waals surface area (Å²) < 4.78 is 0. The van der Waals surface area contributed by atoms with Crippen LogP contribution in [0, 0.1) is 0 Å². The lowest BCUT2D eigenvalue weighted by Crippen LogP contribution is -2.58. The number of rotatable bonds is 3. The van der Waals surface area contributed by atoms with Gasteiger partial charge in [-0.3, -0.25) is 4.90 Å². The van der Waals surface area contributed by atoms with Gasteiger partial charge in [-0.15, -0.1) is 0 Å². The minimum absolute atomic E-state index is 0.0393. The highest BCUT2D eigenvalue weighted by molar-refractivity contribution is 5.06. The summed E-state index contributed by atoms with van der Waals surface area (Å²) >= 11 is 0. The average molecular weight is 199 g/mol. The molecule has 2 nitrogen and oxygen atoms in total. The minimum Gasteiger partial charge on any atom is -0.388 e. The zero-order valence-electron chi connectivity index (χ0n) is 10.3. The second-order valence-corrected chi connectivity index (χ2v) is 5.27. The molecule has 0 aliphatic heterocycles. The first-order valence-corrected chi connectivity index (χ1v) is 5.80. The maximum absolute atomic E-state index is 10.4. The summed E-state index contributed by atoms with van der Waals surface area (Å²) in [5, 5.41) is 10.4. The number of hydrogen-bond acceptors (Lipinski definition) is 2. The Morgan fingerprint density at radius 3 is 2.29 bits per heavy atom. The van der Waals surface area contributed by atoms with Crippen LogP contribution in [0.4, 0.5) is 0 Å². The Morgan fingerprint density at radius 1 is 1.36 bits per heavy atom. The zero-order chi connectivity index (χ0) is 11.0. The van der Waals surface area contributed by atoms with Gasteiger partial charge in [0.2, 0.25) is 0 Å². The number of hydrogen-bond donors (Lipinski definition) is 1. The lowest BCUT2D eigenvalue weighted by atomic mass is 9.83. The molecule has 3 atom stereocenters. The van der Waals surface area contributed by atoms with Crippen molar-refractivity contribution in [2.24, 2.45) is 0 Å². The van der Waals surface area contributed by atoms with E-state index in [1.165, 1.54) is 0 Å². The van der Waals surface area contributed by atoms with Crippen molar-refractivity contribution in [1.29, 1.82) is 0 Å². The molecule has 1 fully saturated rings. The second kappa shape index (κ2) is 3.82. The van der Waals surface area contributed by atoms with Crippen molar-refractivity contribution in [2.75, 3.05) is 7.05 Å². The van der Waals surface area contributed by atoms with E-state index in [4.69, 9.17) is 0 Å². The molecule has 3 unspecified atom stereocenters. The summed E-state index contributed by atoms with van der Waals surface area (Å²) in [5.41, 5.74) is -0.562. The highest BCUT2D eigenvalue weighted by Crippen LogP contribution is 2.43. The summed E-state index contributed by atoms with van der Waals surface area (Å²) in [6, 6.07) is 0.546. The average Bonchev–Trinajstić information content (AvgIpc) is 2.40. The van der Waals surface area contributed by atoms with Gasteiger partial charge in [-0.2, -0.15) is 0 Å². The van der Waals surface area contributed by atoms with Crippen molar-refractivity contribution in [1.82, 2.24) is 4.90 Å². The predicted molar refractivity (Wildman–Crippen MR) is 60.4 cm³/mol. The highest BCUT2D eigenvalue weighted by Gasteiger charge is 2.50. The molecule has 0 amide bonds. The maximum Gasteiger partial charge on any atom is 0.0799 e. The van der Waals surface area contributed by atoms with E-state index in [1.54, 1.807) is 0 Å². The van der Waals surface area contributed by atoms with Gasteiger partial charge >= 0.3 is 0 Å². The van der Waals surface area contributed by atoms with Crippen LogP contribution in [0.3, 0.4) is 0 Å². The largest absolute Gasteiger partial charge is 0.388 e. The van der Waals surface area contributed by atoms with Crippen LogP contribution < -0.4 is 0 Å². The van der Waals surface area contributed by atoms with Gasteiger partial charge in [-0.25, -0.2) is 0 Å². The molecule has 0 spiro atoms. The molecule has 1 aliphatic carbocycles. The van der Waals surface area contributed by atoms with Crippen LogP contribution in [0.1, 0.15) is 53.4 Å². The van der Waals surface area contributed by atoms with Gasteiger partial charge in [-0.1, -0.05) is 6.92 Å². The van der Waals surface area contributed by atoms with Crippen molar-refractivity contribution in [3.8, 4) is 0 Å². The van der Waals surface area contributed by atoms with Crippen LogP contribution in [0.2, 0.25) is 0 Å². The quantitative estimate of drug-likeness (QED) is 0.754. The molecule has 2 heteroatoms. The lowest BCUT2D eigenvalue weighted by molar-refractivity contribution is -0.0759. The SMILES string of the molecule is CCC(C)N(C)C1(C)CCCC1(C)O. The van der Waals surface area contributed by atoms with E-state index in [2.05, 4.69) is 32.7 Å². The molecule has 84 valence electrons. The summed E-state index contributed by atoms with van der Waals surface area (Å²) in [5.74, 6) is 0. The van der Waals surface area contributed by atoms with E-state index in [0.717, 1.165) is 25.7 Å². The van der Waals surface area contributed by atoms with Crippen LogP contribution in [0.25, 0.3) is 0 Å². The molecule has 0 bridgehead atoms. The monoisotopic (exact) mass is 199 g/mol. The molecule has 0 radical (unpaired) electrons. The first kappa shape index (κ1) is 12.0. The topological polar surface area (TPSA) is 23.5 Å². The first-order valence-electron chi connectivity index (χ1n) is 5.80. The van der Waals surface area contributed by atoms with Gasteiger partial charge in [-0.05, 0) is 53.5 Å². The fourth-order valence-electron chi connectivity index (χ4n) is 2.63. The van der Waals surface area contributed by atoms with Crippen molar-refractivity contribution < 1.29 is 5.11 Å². The second-order valence-electron chi connectivity index (χ2n) is 5.27. The molecule has 0 heterocycles. The molecular weight excluding hydrogens is 174 g/mol. The Kier molecular flexibility index (Phi) is 3.27. The van der Waals surface area contributed by atoms with Crippen molar-refractivity contribution in [3.63, 3.8) is 0 Å². The smallest absolute Gasteiger partial charge is 0.0799 e. The third kappa shape index (κ3) is 1.70. The Morgan fingerprint density at radius 2 is 1.93 bits per heavy atom. The van der Waals surface area contributed by atoms with E-state index in [1.807, 2.05) is 6.92 Å². The molecule has 1 aliphatic rings. The van der Waals surface area contributed by atoms with Gasteiger partial charge < -0.3 is 5.11 Å². The van der Waals surface area contributed by atoms with E-state index >= 15 is 0 Å². The fraction of sp³-hybridized carbons (Fsp3) is 1.00. The van der Waals surface area contributed by atoms with Crippen molar-refractivity contribution in [3.05, 3.63) is 0 Å². The van der Waals surface area contributed by atoms with Crippen LogP contribution >= 0.6 is 0 Å². The standard InChI is InChI=1S/C12H25NO/c1-6-10(2)13(5)11(3)8-7-9-12(11,4)14/h10,14H,6-9H2,1-5H3. The van der Waals surface area contributed by atoms with Crippen molar-refractivity contribution in [2.45, 2.75) is 70.6 Å². The molecule has 0 aromatic rings. The van der Waals surface area contributed by atoms with E-state index in [0.29, 0.717) is 6.04 Å². The summed E-state index contributed by atoms with van der Waals surface area (Å²) in [4.78, 5) is 2.36. The third-order valence-corrected chi connectivity index (χ3v) is 4.52. The van der Waals surface area contributed by atoms with Gasteiger partial charge in [0.25, 0.3) is 0 Å². The summed E-state index contributed by atoms with van der Waals surface area (Å²) in [6.45, 7) is 8.62. The zero-order valence-corrected chi connectivity index (χ0v) is 10.3. The Bertz CT molecular complexity index is 202. The van der Waals surface area contributed by atoms with E-state index < -0.39 is 5.60 Å². The summed E-state index contributed by atoms with van der Waals surface area (Å²) in [7, 11) is 2.15. The summed E-state index contributed by atoms with van der Waals surface area (Å²) in [6.07, 6.45) is 4.33. The van der Waals surface area contributed by atoms with Gasteiger partial charge in [0.05, 0.1) is 5.60 Å². The fourth-order valence-corrected chi connectivity index (χ4v) is 2.63. The van der Waals surface area contributed by atoms with E-state index in [-0.39, 0.29) is 5.54 Å². The Hall–Kier alpha value is -0.0800. The number of nitrogens with zero attached hydrogens (tertiary/aromatic N) is 1. The number of likely N-dealkylation sites (N-methyl/N-ethyl adjacent to an activating group) is 1. The van der Waals surface area contributed by atoms with Crippen LogP contribution in [-0.4, -0.2) is 34.2 Å². The van der Waals surface area contributed by atoms with Crippen LogP contribution in [-0.2, 0) is 0 Å². The lowest BCUT2D eigenvalue weighted by Gasteiger charge is -2.47. The third-order valence-electron chi connectivity index (χ3n) is 4.52. The molecular formula is C12H25NO. The minimum atomic E-state index is -0.523. The molecule has 1 rings (SSSR count).